The van der Waals surface area contributed by atoms with E-state index >= 15 is 0 Å². The van der Waals surface area contributed by atoms with Crippen molar-refractivity contribution in [1.29, 1.82) is 0 Å². The summed E-state index contributed by atoms with van der Waals surface area (Å²) in [6.07, 6.45) is -0.508. The number of carbonyl (C=O) groups is 2. The summed E-state index contributed by atoms with van der Waals surface area (Å²) in [7, 11) is 0. The maximum Gasteiger partial charge on any atom is 0.240 e. The van der Waals surface area contributed by atoms with Crippen LogP contribution in [0.5, 0.6) is 0 Å². The molecule has 130 valence electrons. The highest BCUT2D eigenvalue weighted by Crippen LogP contribution is 2.34. The van der Waals surface area contributed by atoms with Crippen LogP contribution in [0.25, 0.3) is 0 Å². The second kappa shape index (κ2) is 7.72. The molecule has 0 aliphatic carbocycles. The lowest BCUT2D eigenvalue weighted by Crippen LogP contribution is -2.43. The molecular weight excluding hydrogens is 336 g/mol. The van der Waals surface area contributed by atoms with Crippen molar-refractivity contribution in [2.24, 2.45) is 0 Å². The van der Waals surface area contributed by atoms with E-state index in [0.717, 1.165) is 21.7 Å². The largest absolute Gasteiger partial charge is 0.389 e. The lowest BCUT2D eigenvalue weighted by Gasteiger charge is -2.28. The third kappa shape index (κ3) is 4.21. The van der Waals surface area contributed by atoms with Gasteiger partial charge in [-0.2, -0.15) is 0 Å². The van der Waals surface area contributed by atoms with Crippen LogP contribution in [0.4, 0.5) is 5.69 Å². The molecule has 0 spiro atoms. The second-order valence-corrected chi connectivity index (χ2v) is 6.95. The summed E-state index contributed by atoms with van der Waals surface area (Å²) < 4.78 is 0. The molecule has 0 unspecified atom stereocenters. The highest BCUT2D eigenvalue weighted by atomic mass is 32.2. The minimum atomic E-state index is -0.508. The van der Waals surface area contributed by atoms with E-state index in [2.05, 4.69) is 5.32 Å². The summed E-state index contributed by atoms with van der Waals surface area (Å²) in [6.45, 7) is 2.11. The van der Waals surface area contributed by atoms with Gasteiger partial charge in [0.2, 0.25) is 11.8 Å². The van der Waals surface area contributed by atoms with Crippen molar-refractivity contribution in [2.75, 3.05) is 17.2 Å². The first-order valence-electron chi connectivity index (χ1n) is 8.10. The van der Waals surface area contributed by atoms with E-state index in [1.165, 1.54) is 16.7 Å². The standard InChI is InChI=1S/C19H20N2O3S/c1-13(22)15-8-6-14(7-9-15)10-20-18(23)11-21-16-4-2-3-5-17(16)25-12-19(21)24/h2-9,13,22H,10-12H2,1H3,(H,20,23)/t13-/m0/s1. The Balaban J connectivity index is 1.60. The lowest BCUT2D eigenvalue weighted by atomic mass is 10.1. The topological polar surface area (TPSA) is 69.6 Å². The lowest BCUT2D eigenvalue weighted by molar-refractivity contribution is -0.123. The van der Waals surface area contributed by atoms with Gasteiger partial charge in [-0.1, -0.05) is 36.4 Å². The maximum absolute atomic E-state index is 12.3. The Morgan fingerprint density at radius 1 is 1.24 bits per heavy atom. The van der Waals surface area contributed by atoms with Crippen LogP contribution in [0.1, 0.15) is 24.2 Å². The Hall–Kier alpha value is -2.31. The molecule has 0 bridgehead atoms. The van der Waals surface area contributed by atoms with Crippen molar-refractivity contribution in [3.8, 4) is 0 Å². The average molecular weight is 356 g/mol. The Kier molecular flexibility index (Phi) is 5.40. The number of para-hydroxylation sites is 1. The van der Waals surface area contributed by atoms with Gasteiger partial charge in [-0.15, -0.1) is 11.8 Å². The normalized spacial score (nSPS) is 14.8. The third-order valence-corrected chi connectivity index (χ3v) is 5.11. The second-order valence-electron chi connectivity index (χ2n) is 5.93. The average Bonchev–Trinajstić information content (AvgIpc) is 2.63. The van der Waals surface area contributed by atoms with Gasteiger partial charge in [0, 0.05) is 11.4 Å². The van der Waals surface area contributed by atoms with Crippen LogP contribution in [-0.2, 0) is 16.1 Å². The Labute approximate surface area is 151 Å². The van der Waals surface area contributed by atoms with E-state index in [4.69, 9.17) is 0 Å². The molecule has 0 fully saturated rings. The molecule has 25 heavy (non-hydrogen) atoms. The molecule has 3 rings (SSSR count). The first-order valence-corrected chi connectivity index (χ1v) is 9.09. The molecule has 1 aliphatic rings. The van der Waals surface area contributed by atoms with Gasteiger partial charge in [0.25, 0.3) is 0 Å². The quantitative estimate of drug-likeness (QED) is 0.864. The van der Waals surface area contributed by atoms with E-state index in [1.807, 2.05) is 48.5 Å². The number of fused-ring (bicyclic) bond motifs is 1. The summed E-state index contributed by atoms with van der Waals surface area (Å²) >= 11 is 1.50. The summed E-state index contributed by atoms with van der Waals surface area (Å²) in [5.41, 5.74) is 2.57. The Morgan fingerprint density at radius 3 is 2.68 bits per heavy atom. The molecule has 1 aliphatic heterocycles. The fourth-order valence-electron chi connectivity index (χ4n) is 2.64. The van der Waals surface area contributed by atoms with Gasteiger partial charge < -0.3 is 15.3 Å². The van der Waals surface area contributed by atoms with Gasteiger partial charge in [-0.05, 0) is 30.2 Å². The van der Waals surface area contributed by atoms with Gasteiger partial charge in [0.05, 0.1) is 17.5 Å². The smallest absolute Gasteiger partial charge is 0.240 e. The van der Waals surface area contributed by atoms with E-state index < -0.39 is 6.10 Å². The van der Waals surface area contributed by atoms with Gasteiger partial charge >= 0.3 is 0 Å². The zero-order chi connectivity index (χ0) is 17.8. The van der Waals surface area contributed by atoms with Gasteiger partial charge in [-0.25, -0.2) is 0 Å². The van der Waals surface area contributed by atoms with E-state index in [-0.39, 0.29) is 18.4 Å². The van der Waals surface area contributed by atoms with Crippen LogP contribution in [0, 0.1) is 0 Å². The molecule has 6 heteroatoms. The first-order chi connectivity index (χ1) is 12.0. The van der Waals surface area contributed by atoms with Crippen molar-refractivity contribution < 1.29 is 14.7 Å². The number of aliphatic hydroxyl groups excluding tert-OH is 1. The highest BCUT2D eigenvalue weighted by molar-refractivity contribution is 8.00. The molecule has 1 heterocycles. The SMILES string of the molecule is C[C@H](O)c1ccc(CNC(=O)CN2C(=O)CSc3ccccc32)cc1. The molecule has 0 saturated carbocycles. The van der Waals surface area contributed by atoms with Crippen LogP contribution in [0.3, 0.4) is 0 Å². The van der Waals surface area contributed by atoms with E-state index in [0.29, 0.717) is 12.3 Å². The summed E-state index contributed by atoms with van der Waals surface area (Å²) in [4.78, 5) is 27.0. The minimum Gasteiger partial charge on any atom is -0.389 e. The fourth-order valence-corrected chi connectivity index (χ4v) is 3.58. The predicted octanol–water partition coefficient (Wildman–Crippen LogP) is 2.50. The number of amides is 2. The summed E-state index contributed by atoms with van der Waals surface area (Å²) in [6, 6.07) is 15.0. The summed E-state index contributed by atoms with van der Waals surface area (Å²) in [5, 5.41) is 12.4. The number of aliphatic hydroxyl groups is 1. The monoisotopic (exact) mass is 356 g/mol. The number of carbonyl (C=O) groups excluding carboxylic acids is 2. The number of thioether (sulfide) groups is 1. The maximum atomic E-state index is 12.3. The number of benzene rings is 2. The van der Waals surface area contributed by atoms with Gasteiger partial charge in [0.1, 0.15) is 6.54 Å². The van der Waals surface area contributed by atoms with Gasteiger partial charge in [0.15, 0.2) is 0 Å². The zero-order valence-electron chi connectivity index (χ0n) is 13.9. The van der Waals surface area contributed by atoms with Crippen LogP contribution in [0.2, 0.25) is 0 Å². The molecule has 2 amide bonds. The first kappa shape index (κ1) is 17.5. The predicted molar refractivity (Wildman–Crippen MR) is 98.4 cm³/mol. The van der Waals surface area contributed by atoms with Gasteiger partial charge in [-0.3, -0.25) is 9.59 Å². The molecular formula is C19H20N2O3S. The molecule has 2 aromatic carbocycles. The van der Waals surface area contributed by atoms with Crippen molar-refractivity contribution >= 4 is 29.3 Å². The van der Waals surface area contributed by atoms with E-state index in [9.17, 15) is 14.7 Å². The van der Waals surface area contributed by atoms with Crippen LogP contribution in [0.15, 0.2) is 53.4 Å². The van der Waals surface area contributed by atoms with Crippen molar-refractivity contribution in [2.45, 2.75) is 24.5 Å². The number of hydrogen-bond donors (Lipinski definition) is 2. The fraction of sp³-hybridized carbons (Fsp3) is 0.263. The van der Waals surface area contributed by atoms with Crippen LogP contribution in [-0.4, -0.2) is 29.2 Å². The summed E-state index contributed by atoms with van der Waals surface area (Å²) in [5.74, 6) is 0.0975. The number of nitrogens with zero attached hydrogens (tertiary/aromatic N) is 1. The van der Waals surface area contributed by atoms with E-state index in [1.54, 1.807) is 6.92 Å². The van der Waals surface area contributed by atoms with Crippen molar-refractivity contribution in [1.82, 2.24) is 5.32 Å². The molecule has 5 nitrogen and oxygen atoms in total. The third-order valence-electron chi connectivity index (χ3n) is 4.06. The Morgan fingerprint density at radius 2 is 1.96 bits per heavy atom. The molecule has 2 N–H and O–H groups in total. The number of hydrogen-bond acceptors (Lipinski definition) is 4. The molecule has 2 aromatic rings. The highest BCUT2D eigenvalue weighted by Gasteiger charge is 2.25. The number of nitrogens with one attached hydrogen (secondary N) is 1. The van der Waals surface area contributed by atoms with Crippen LogP contribution < -0.4 is 10.2 Å². The molecule has 0 aromatic heterocycles. The zero-order valence-corrected chi connectivity index (χ0v) is 14.8. The number of anilines is 1. The molecule has 1 atom stereocenters. The van der Waals surface area contributed by atoms with Crippen LogP contribution >= 0.6 is 11.8 Å². The van der Waals surface area contributed by atoms with Crippen molar-refractivity contribution in [3.05, 3.63) is 59.7 Å². The number of rotatable bonds is 5. The Bertz CT molecular complexity index is 774. The van der Waals surface area contributed by atoms with Crippen molar-refractivity contribution in [3.63, 3.8) is 0 Å². The molecule has 0 radical (unpaired) electrons. The molecule has 0 saturated heterocycles. The minimum absolute atomic E-state index is 0.0160.